The predicted octanol–water partition coefficient (Wildman–Crippen LogP) is 8.06. The van der Waals surface area contributed by atoms with Crippen molar-refractivity contribution in [3.63, 3.8) is 0 Å². The zero-order valence-electron chi connectivity index (χ0n) is 24.8. The summed E-state index contributed by atoms with van der Waals surface area (Å²) in [7, 11) is -0.441. The summed E-state index contributed by atoms with van der Waals surface area (Å²) in [5.41, 5.74) is 8.65. The third-order valence-electron chi connectivity index (χ3n) is 9.18. The smallest absolute Gasteiger partial charge is 0.399 e. The van der Waals surface area contributed by atoms with Gasteiger partial charge >= 0.3 is 7.12 Å². The van der Waals surface area contributed by atoms with Gasteiger partial charge in [-0.3, -0.25) is 4.40 Å². The van der Waals surface area contributed by atoms with Crippen LogP contribution in [0, 0.1) is 0 Å². The van der Waals surface area contributed by atoms with E-state index in [1.165, 1.54) is 16.3 Å². The van der Waals surface area contributed by atoms with Crippen LogP contribution in [0.5, 0.6) is 0 Å². The Hall–Kier alpha value is -4.65. The molecule has 4 aromatic carbocycles. The molecule has 0 atom stereocenters. The average Bonchev–Trinajstić information content (AvgIpc) is 3.64. The third-order valence-corrected chi connectivity index (χ3v) is 9.18. The number of para-hydroxylation sites is 2. The lowest BCUT2D eigenvalue weighted by Gasteiger charge is -2.32. The topological polar surface area (TPSA) is 40.7 Å². The summed E-state index contributed by atoms with van der Waals surface area (Å²) < 4.78 is 17.3. The monoisotopic (exact) mass is 561 g/mol. The van der Waals surface area contributed by atoms with E-state index < -0.39 is 18.3 Å². The molecule has 7 aromatic rings. The van der Waals surface area contributed by atoms with Gasteiger partial charge in [0.25, 0.3) is 0 Å². The molecule has 1 fully saturated rings. The van der Waals surface area contributed by atoms with Crippen LogP contribution in [0.2, 0.25) is 0 Å². The lowest BCUT2D eigenvalue weighted by atomic mass is 9.78. The van der Waals surface area contributed by atoms with Crippen LogP contribution in [-0.4, -0.2) is 32.3 Å². The maximum absolute atomic E-state index is 6.40. The van der Waals surface area contributed by atoms with Crippen molar-refractivity contribution in [2.75, 3.05) is 0 Å². The van der Waals surface area contributed by atoms with Gasteiger partial charge in [0, 0.05) is 33.8 Å². The summed E-state index contributed by atoms with van der Waals surface area (Å²) in [6.45, 7) is 8.34. The molecule has 0 spiro atoms. The normalized spacial score (nSPS) is 16.0. The molecular weight excluding hydrogens is 529 g/mol. The first-order valence-corrected chi connectivity index (χ1v) is 14.8. The van der Waals surface area contributed by atoms with Crippen molar-refractivity contribution in [3.8, 4) is 28.2 Å². The number of hydrogen-bond acceptors (Lipinski definition) is 3. The summed E-state index contributed by atoms with van der Waals surface area (Å²) in [6.07, 6.45) is 2.09. The molecule has 1 aliphatic heterocycles. The predicted molar refractivity (Wildman–Crippen MR) is 176 cm³/mol. The second-order valence-corrected chi connectivity index (χ2v) is 12.4. The van der Waals surface area contributed by atoms with E-state index in [0.29, 0.717) is 0 Å². The summed E-state index contributed by atoms with van der Waals surface area (Å²) in [4.78, 5) is 5.16. The number of fused-ring (bicyclic) bond motifs is 4. The van der Waals surface area contributed by atoms with Crippen molar-refractivity contribution >= 4 is 40.0 Å². The van der Waals surface area contributed by atoms with Crippen molar-refractivity contribution in [3.05, 3.63) is 121 Å². The summed E-state index contributed by atoms with van der Waals surface area (Å²) in [6, 6.07) is 40.6. The number of hydrogen-bond donors (Lipinski definition) is 0. The van der Waals surface area contributed by atoms with Crippen molar-refractivity contribution in [1.29, 1.82) is 0 Å². The van der Waals surface area contributed by atoms with E-state index in [0.717, 1.165) is 44.8 Å². The summed E-state index contributed by atoms with van der Waals surface area (Å²) in [5.74, 6) is 0. The van der Waals surface area contributed by atoms with Crippen LogP contribution in [-0.2, 0) is 9.31 Å². The van der Waals surface area contributed by atoms with Gasteiger partial charge in [0.1, 0.15) is 5.65 Å². The Balaban J connectivity index is 1.33. The molecule has 4 heterocycles. The van der Waals surface area contributed by atoms with Crippen LogP contribution in [0.3, 0.4) is 0 Å². The average molecular weight is 561 g/mol. The molecule has 0 saturated carbocycles. The highest BCUT2D eigenvalue weighted by Crippen LogP contribution is 2.39. The third kappa shape index (κ3) is 4.05. The lowest BCUT2D eigenvalue weighted by molar-refractivity contribution is 0.00578. The minimum atomic E-state index is -0.441. The molecule has 0 unspecified atom stereocenters. The Kier molecular flexibility index (Phi) is 5.71. The Labute approximate surface area is 251 Å². The minimum absolute atomic E-state index is 0.408. The van der Waals surface area contributed by atoms with Gasteiger partial charge in [-0.2, -0.15) is 0 Å². The van der Waals surface area contributed by atoms with Crippen LogP contribution < -0.4 is 5.46 Å². The zero-order chi connectivity index (χ0) is 29.3. The SMILES string of the molecule is CC1(C)OB(c2cccc(-c3nc4ccccn4c3-c3ccc4c5ccccc5n(-c5ccccc5)c4c3)c2)OC1(C)C. The molecule has 0 radical (unpaired) electrons. The largest absolute Gasteiger partial charge is 0.494 e. The van der Waals surface area contributed by atoms with E-state index in [-0.39, 0.29) is 0 Å². The molecule has 1 saturated heterocycles. The molecule has 8 rings (SSSR count). The fourth-order valence-electron chi connectivity index (χ4n) is 6.26. The first-order chi connectivity index (χ1) is 20.8. The fourth-order valence-corrected chi connectivity index (χ4v) is 6.26. The number of nitrogens with zero attached hydrogens (tertiary/aromatic N) is 3. The van der Waals surface area contributed by atoms with Crippen molar-refractivity contribution in [1.82, 2.24) is 14.0 Å². The van der Waals surface area contributed by atoms with Gasteiger partial charge in [-0.25, -0.2) is 4.98 Å². The van der Waals surface area contributed by atoms with Crippen molar-refractivity contribution < 1.29 is 9.31 Å². The van der Waals surface area contributed by atoms with E-state index in [1.54, 1.807) is 0 Å². The molecule has 1 aliphatic rings. The molecule has 0 bridgehead atoms. The van der Waals surface area contributed by atoms with Crippen LogP contribution in [0.4, 0.5) is 0 Å². The van der Waals surface area contributed by atoms with Gasteiger partial charge in [-0.15, -0.1) is 0 Å². The van der Waals surface area contributed by atoms with Gasteiger partial charge in [0.2, 0.25) is 0 Å². The molecule has 43 heavy (non-hydrogen) atoms. The maximum atomic E-state index is 6.40. The zero-order valence-corrected chi connectivity index (χ0v) is 24.8. The minimum Gasteiger partial charge on any atom is -0.399 e. The quantitative estimate of drug-likeness (QED) is 0.204. The molecule has 210 valence electrons. The maximum Gasteiger partial charge on any atom is 0.494 e. The Bertz CT molecular complexity index is 2140. The van der Waals surface area contributed by atoms with Gasteiger partial charge in [0.15, 0.2) is 0 Å². The molecule has 0 aliphatic carbocycles. The van der Waals surface area contributed by atoms with E-state index in [1.807, 2.05) is 6.07 Å². The fraction of sp³-hybridized carbons (Fsp3) is 0.162. The second kappa shape index (κ2) is 9.43. The molecule has 0 N–H and O–H groups in total. The molecule has 3 aromatic heterocycles. The Morgan fingerprint density at radius 1 is 0.628 bits per heavy atom. The Morgan fingerprint density at radius 2 is 1.35 bits per heavy atom. The van der Waals surface area contributed by atoms with Crippen LogP contribution >= 0.6 is 0 Å². The molecule has 0 amide bonds. The van der Waals surface area contributed by atoms with Gasteiger partial charge in [-0.05, 0) is 69.6 Å². The second-order valence-electron chi connectivity index (χ2n) is 12.4. The highest BCUT2D eigenvalue weighted by molar-refractivity contribution is 6.62. The number of benzene rings is 4. The van der Waals surface area contributed by atoms with Gasteiger partial charge in [0.05, 0.1) is 33.6 Å². The molecule has 5 nitrogen and oxygen atoms in total. The molecule has 6 heteroatoms. The van der Waals surface area contributed by atoms with E-state index in [2.05, 4.69) is 152 Å². The van der Waals surface area contributed by atoms with E-state index in [9.17, 15) is 0 Å². The first-order valence-electron chi connectivity index (χ1n) is 14.8. The highest BCUT2D eigenvalue weighted by atomic mass is 16.7. The summed E-state index contributed by atoms with van der Waals surface area (Å²) in [5, 5.41) is 2.46. The van der Waals surface area contributed by atoms with Gasteiger partial charge in [-0.1, -0.05) is 78.9 Å². The van der Waals surface area contributed by atoms with Crippen molar-refractivity contribution in [2.24, 2.45) is 0 Å². The number of pyridine rings is 1. The van der Waals surface area contributed by atoms with Crippen LogP contribution in [0.15, 0.2) is 121 Å². The van der Waals surface area contributed by atoms with Crippen molar-refractivity contribution in [2.45, 2.75) is 38.9 Å². The number of imidazole rings is 1. The summed E-state index contributed by atoms with van der Waals surface area (Å²) >= 11 is 0. The van der Waals surface area contributed by atoms with Crippen LogP contribution in [0.25, 0.3) is 55.7 Å². The van der Waals surface area contributed by atoms with E-state index >= 15 is 0 Å². The Morgan fingerprint density at radius 3 is 2.16 bits per heavy atom. The van der Waals surface area contributed by atoms with E-state index in [4.69, 9.17) is 14.3 Å². The lowest BCUT2D eigenvalue weighted by Crippen LogP contribution is -2.41. The highest BCUT2D eigenvalue weighted by Gasteiger charge is 2.51. The van der Waals surface area contributed by atoms with Crippen LogP contribution in [0.1, 0.15) is 27.7 Å². The molecular formula is C37H32BN3O2. The standard InChI is InChI=1S/C37H32BN3O2/c1-36(2)37(3,4)43-38(42-36)27-14-12-13-25(23-27)34-35(40-22-11-10-19-33(40)39-34)26-20-21-30-29-17-8-9-18-31(29)41(32(30)24-26)28-15-6-5-7-16-28/h5-24H,1-4H3. The first kappa shape index (κ1) is 26.0. The number of rotatable bonds is 4. The van der Waals surface area contributed by atoms with Gasteiger partial charge < -0.3 is 13.9 Å². The number of aromatic nitrogens is 3.